The van der Waals surface area contributed by atoms with E-state index in [1.807, 2.05) is 6.92 Å². The lowest BCUT2D eigenvalue weighted by Gasteiger charge is -2.30. The Labute approximate surface area is 163 Å². The highest BCUT2D eigenvalue weighted by Gasteiger charge is 2.28. The van der Waals surface area contributed by atoms with Crippen molar-refractivity contribution in [3.63, 3.8) is 0 Å². The van der Waals surface area contributed by atoms with Crippen LogP contribution in [0.15, 0.2) is 53.4 Å². The molecule has 1 fully saturated rings. The fourth-order valence-corrected chi connectivity index (χ4v) is 4.79. The van der Waals surface area contributed by atoms with Crippen LogP contribution in [0.1, 0.15) is 30.1 Å². The summed E-state index contributed by atoms with van der Waals surface area (Å²) in [5, 5.41) is 13.4. The third kappa shape index (κ3) is 4.37. The predicted octanol–water partition coefficient (Wildman–Crippen LogP) is 3.27. The lowest BCUT2D eigenvalue weighted by Crippen LogP contribution is -2.39. The third-order valence-corrected chi connectivity index (χ3v) is 6.57. The van der Waals surface area contributed by atoms with Crippen LogP contribution in [0.4, 0.5) is 11.4 Å². The number of rotatable bonds is 5. The standard InChI is InChI=1S/C19H21N3O5S/c1-14-4-3-11-21(13-14)28(26,27)18-9-7-16(8-10-18)20-19(23)15-5-2-6-17(12-15)22(24)25/h2,5-10,12,14H,3-4,11,13H2,1H3,(H,20,23). The van der Waals surface area contributed by atoms with Gasteiger partial charge in [-0.15, -0.1) is 0 Å². The number of anilines is 1. The molecule has 0 saturated carbocycles. The molecule has 1 aliphatic rings. The molecule has 0 aliphatic carbocycles. The Morgan fingerprint density at radius 3 is 2.57 bits per heavy atom. The van der Waals surface area contributed by atoms with Gasteiger partial charge in [0.2, 0.25) is 10.0 Å². The maximum Gasteiger partial charge on any atom is 0.270 e. The summed E-state index contributed by atoms with van der Waals surface area (Å²) in [6.07, 6.45) is 1.87. The normalized spacial score (nSPS) is 17.8. The van der Waals surface area contributed by atoms with Gasteiger partial charge in [-0.25, -0.2) is 8.42 Å². The van der Waals surface area contributed by atoms with Crippen molar-refractivity contribution in [2.75, 3.05) is 18.4 Å². The summed E-state index contributed by atoms with van der Waals surface area (Å²) in [5.74, 6) is -0.179. The van der Waals surface area contributed by atoms with E-state index in [4.69, 9.17) is 0 Å². The number of sulfonamides is 1. The van der Waals surface area contributed by atoms with Crippen LogP contribution in [0.25, 0.3) is 0 Å². The number of nitro benzene ring substituents is 1. The van der Waals surface area contributed by atoms with Crippen molar-refractivity contribution in [3.05, 3.63) is 64.2 Å². The largest absolute Gasteiger partial charge is 0.322 e. The van der Waals surface area contributed by atoms with Gasteiger partial charge in [0.25, 0.3) is 11.6 Å². The molecule has 1 atom stereocenters. The van der Waals surface area contributed by atoms with Gasteiger partial charge in [-0.05, 0) is 49.1 Å². The molecule has 28 heavy (non-hydrogen) atoms. The summed E-state index contributed by atoms with van der Waals surface area (Å²) in [7, 11) is -3.56. The second-order valence-electron chi connectivity index (χ2n) is 6.90. The number of hydrogen-bond acceptors (Lipinski definition) is 5. The van der Waals surface area contributed by atoms with Gasteiger partial charge in [0, 0.05) is 36.5 Å². The van der Waals surface area contributed by atoms with Gasteiger partial charge >= 0.3 is 0 Å². The van der Waals surface area contributed by atoms with E-state index in [9.17, 15) is 23.3 Å². The van der Waals surface area contributed by atoms with Crippen molar-refractivity contribution in [2.45, 2.75) is 24.7 Å². The van der Waals surface area contributed by atoms with Crippen LogP contribution in [0, 0.1) is 16.0 Å². The van der Waals surface area contributed by atoms with Gasteiger partial charge in [0.05, 0.1) is 9.82 Å². The maximum absolute atomic E-state index is 12.8. The maximum atomic E-state index is 12.8. The molecule has 3 rings (SSSR count). The fourth-order valence-electron chi connectivity index (χ4n) is 3.19. The molecule has 1 heterocycles. The minimum Gasteiger partial charge on any atom is -0.322 e. The van der Waals surface area contributed by atoms with Crippen LogP contribution in [0.2, 0.25) is 0 Å². The van der Waals surface area contributed by atoms with Crippen LogP contribution >= 0.6 is 0 Å². The minimum absolute atomic E-state index is 0.146. The Bertz CT molecular complexity index is 989. The number of non-ortho nitro benzene ring substituents is 1. The Kier molecular flexibility index (Phi) is 5.76. The first-order chi connectivity index (χ1) is 13.3. The quantitative estimate of drug-likeness (QED) is 0.609. The van der Waals surface area contributed by atoms with Crippen LogP contribution in [0.3, 0.4) is 0 Å². The molecule has 9 heteroatoms. The summed E-state index contributed by atoms with van der Waals surface area (Å²) in [6, 6.07) is 11.3. The lowest BCUT2D eigenvalue weighted by molar-refractivity contribution is -0.384. The second kappa shape index (κ2) is 8.07. The minimum atomic E-state index is -3.56. The monoisotopic (exact) mass is 403 g/mol. The van der Waals surface area contributed by atoms with Gasteiger partial charge in [0.1, 0.15) is 0 Å². The molecule has 1 unspecified atom stereocenters. The number of carbonyl (C=O) groups is 1. The van der Waals surface area contributed by atoms with E-state index in [0.717, 1.165) is 12.8 Å². The van der Waals surface area contributed by atoms with Crippen LogP contribution in [-0.2, 0) is 10.0 Å². The molecule has 0 radical (unpaired) electrons. The third-order valence-electron chi connectivity index (χ3n) is 4.69. The van der Waals surface area contributed by atoms with Crippen molar-refractivity contribution >= 4 is 27.3 Å². The van der Waals surface area contributed by atoms with E-state index >= 15 is 0 Å². The highest BCUT2D eigenvalue weighted by molar-refractivity contribution is 7.89. The molecule has 8 nitrogen and oxygen atoms in total. The average Bonchev–Trinajstić information content (AvgIpc) is 2.68. The fraction of sp³-hybridized carbons (Fsp3) is 0.316. The molecular weight excluding hydrogens is 382 g/mol. The molecule has 1 saturated heterocycles. The number of nitro groups is 1. The summed E-state index contributed by atoms with van der Waals surface area (Å²) >= 11 is 0. The number of nitrogens with one attached hydrogen (secondary N) is 1. The number of amides is 1. The number of benzene rings is 2. The van der Waals surface area contributed by atoms with E-state index in [1.54, 1.807) is 0 Å². The average molecular weight is 403 g/mol. The number of piperidine rings is 1. The predicted molar refractivity (Wildman–Crippen MR) is 105 cm³/mol. The Balaban J connectivity index is 1.73. The highest BCUT2D eigenvalue weighted by atomic mass is 32.2. The Morgan fingerprint density at radius 2 is 1.93 bits per heavy atom. The van der Waals surface area contributed by atoms with Crippen molar-refractivity contribution in [1.82, 2.24) is 4.31 Å². The smallest absolute Gasteiger partial charge is 0.270 e. The molecule has 1 aliphatic heterocycles. The summed E-state index contributed by atoms with van der Waals surface area (Å²) in [6.45, 7) is 3.06. The molecular formula is C19H21N3O5S. The van der Waals surface area contributed by atoms with Gasteiger partial charge in [-0.2, -0.15) is 4.31 Å². The summed E-state index contributed by atoms with van der Waals surface area (Å²) < 4.78 is 27.0. The van der Waals surface area contributed by atoms with E-state index in [-0.39, 0.29) is 16.1 Å². The van der Waals surface area contributed by atoms with Crippen LogP contribution in [-0.4, -0.2) is 36.6 Å². The van der Waals surface area contributed by atoms with E-state index in [2.05, 4.69) is 5.32 Å². The molecule has 0 spiro atoms. The van der Waals surface area contributed by atoms with Gasteiger partial charge in [0.15, 0.2) is 0 Å². The topological polar surface area (TPSA) is 110 Å². The van der Waals surface area contributed by atoms with E-state index in [0.29, 0.717) is 24.7 Å². The van der Waals surface area contributed by atoms with Crippen molar-refractivity contribution in [1.29, 1.82) is 0 Å². The Morgan fingerprint density at radius 1 is 1.21 bits per heavy atom. The van der Waals surface area contributed by atoms with E-state index in [1.165, 1.54) is 52.8 Å². The zero-order chi connectivity index (χ0) is 20.3. The Hall–Kier alpha value is -2.78. The molecule has 0 aromatic heterocycles. The lowest BCUT2D eigenvalue weighted by atomic mass is 10.0. The number of carbonyl (C=O) groups excluding carboxylic acids is 1. The molecule has 1 amide bonds. The summed E-state index contributed by atoms with van der Waals surface area (Å²) in [4.78, 5) is 22.7. The summed E-state index contributed by atoms with van der Waals surface area (Å²) in [5.41, 5.74) is 0.375. The SMILES string of the molecule is CC1CCCN(S(=O)(=O)c2ccc(NC(=O)c3cccc([N+](=O)[O-])c3)cc2)C1. The second-order valence-corrected chi connectivity index (χ2v) is 8.83. The van der Waals surface area contributed by atoms with Gasteiger partial charge in [-0.3, -0.25) is 14.9 Å². The van der Waals surface area contributed by atoms with Crippen molar-refractivity contribution in [2.24, 2.45) is 5.92 Å². The van der Waals surface area contributed by atoms with Crippen molar-refractivity contribution in [3.8, 4) is 0 Å². The first-order valence-electron chi connectivity index (χ1n) is 8.93. The van der Waals surface area contributed by atoms with Crippen molar-refractivity contribution < 1.29 is 18.1 Å². The number of hydrogen-bond donors (Lipinski definition) is 1. The van der Waals surface area contributed by atoms with Gasteiger partial charge < -0.3 is 5.32 Å². The molecule has 0 bridgehead atoms. The zero-order valence-electron chi connectivity index (χ0n) is 15.4. The highest BCUT2D eigenvalue weighted by Crippen LogP contribution is 2.24. The van der Waals surface area contributed by atoms with Crippen LogP contribution in [0.5, 0.6) is 0 Å². The molecule has 1 N–H and O–H groups in total. The first-order valence-corrected chi connectivity index (χ1v) is 10.4. The molecule has 2 aromatic rings. The van der Waals surface area contributed by atoms with Crippen LogP contribution < -0.4 is 5.32 Å². The van der Waals surface area contributed by atoms with Gasteiger partial charge in [-0.1, -0.05) is 13.0 Å². The number of nitrogens with zero attached hydrogens (tertiary/aromatic N) is 2. The van der Waals surface area contributed by atoms with E-state index < -0.39 is 20.9 Å². The molecule has 2 aromatic carbocycles. The molecule has 148 valence electrons. The first kappa shape index (κ1) is 20.0. The zero-order valence-corrected chi connectivity index (χ0v) is 16.2.